The minimum Gasteiger partial charge on any atom is -0.508 e. The minimum absolute atomic E-state index is 0.150. The highest BCUT2D eigenvalue weighted by atomic mass is 32.2. The molecule has 0 heterocycles. The Labute approximate surface area is 148 Å². The van der Waals surface area contributed by atoms with Crippen LogP contribution >= 0.6 is 11.8 Å². The number of thioether (sulfide) groups is 1. The first kappa shape index (κ1) is 20.2. The number of aromatic hydroxyl groups is 1. The van der Waals surface area contributed by atoms with Gasteiger partial charge in [-0.25, -0.2) is 0 Å². The molecule has 0 aliphatic heterocycles. The third-order valence-electron chi connectivity index (χ3n) is 3.20. The minimum atomic E-state index is -0.157. The quantitative estimate of drug-likeness (QED) is 0.293. The molecule has 4 N–H and O–H groups in total. The van der Waals surface area contributed by atoms with E-state index >= 15 is 0 Å². The van der Waals surface area contributed by atoms with E-state index in [1.54, 1.807) is 12.1 Å². The average molecular weight is 353 g/mol. The molecule has 0 fully saturated rings. The summed E-state index contributed by atoms with van der Waals surface area (Å²) in [4.78, 5) is 16.4. The fourth-order valence-electron chi connectivity index (χ4n) is 1.96. The molecule has 0 aliphatic carbocycles. The fourth-order valence-corrected chi connectivity index (χ4v) is 2.46. The Morgan fingerprint density at radius 1 is 1.12 bits per heavy atom. The topological polar surface area (TPSA) is 85.8 Å². The Bertz CT molecular complexity index is 506. The molecule has 134 valence electrons. The predicted octanol–water partition coefficient (Wildman–Crippen LogP) is 1.82. The van der Waals surface area contributed by atoms with Gasteiger partial charge in [0, 0.05) is 31.7 Å². The summed E-state index contributed by atoms with van der Waals surface area (Å²) in [5, 5.41) is 18.5. The number of carbonyl (C=O) groups excluding carboxylic acids is 1. The van der Waals surface area contributed by atoms with Gasteiger partial charge in [0.05, 0.1) is 0 Å². The maximum absolute atomic E-state index is 11.9. The number of rotatable bonds is 10. The van der Waals surface area contributed by atoms with E-state index in [1.165, 1.54) is 24.3 Å². The largest absolute Gasteiger partial charge is 0.508 e. The molecule has 0 aliphatic rings. The van der Waals surface area contributed by atoms with Crippen molar-refractivity contribution < 1.29 is 9.90 Å². The van der Waals surface area contributed by atoms with Gasteiger partial charge in [-0.1, -0.05) is 0 Å². The molecule has 1 aromatic carbocycles. The molecule has 0 saturated heterocycles. The van der Waals surface area contributed by atoms with E-state index in [0.29, 0.717) is 18.7 Å². The highest BCUT2D eigenvalue weighted by Gasteiger charge is 2.04. The maximum Gasteiger partial charge on any atom is 0.251 e. The Kier molecular flexibility index (Phi) is 10.5. The van der Waals surface area contributed by atoms with Crippen LogP contribution in [0.5, 0.6) is 5.75 Å². The van der Waals surface area contributed by atoms with Gasteiger partial charge in [0.15, 0.2) is 5.96 Å². The zero-order chi connectivity index (χ0) is 17.6. The van der Waals surface area contributed by atoms with Crippen LogP contribution in [0.3, 0.4) is 0 Å². The zero-order valence-corrected chi connectivity index (χ0v) is 15.3. The van der Waals surface area contributed by atoms with Gasteiger partial charge >= 0.3 is 0 Å². The monoisotopic (exact) mass is 352 g/mol. The first-order valence-electron chi connectivity index (χ1n) is 8.25. The number of carbonyl (C=O) groups is 1. The normalized spacial score (nSPS) is 11.2. The summed E-state index contributed by atoms with van der Waals surface area (Å²) < 4.78 is 0. The highest BCUT2D eigenvalue weighted by molar-refractivity contribution is 7.98. The molecule has 0 bridgehead atoms. The smallest absolute Gasteiger partial charge is 0.251 e. The molecule has 0 radical (unpaired) electrons. The molecule has 1 rings (SSSR count). The Balaban J connectivity index is 2.27. The number of unbranched alkanes of at least 4 members (excludes halogenated alkanes) is 1. The van der Waals surface area contributed by atoms with Gasteiger partial charge in [0.25, 0.3) is 5.91 Å². The van der Waals surface area contributed by atoms with Gasteiger partial charge in [0.2, 0.25) is 0 Å². The summed E-state index contributed by atoms with van der Waals surface area (Å²) in [7, 11) is 0. The van der Waals surface area contributed by atoms with Crippen LogP contribution in [0, 0.1) is 0 Å². The Morgan fingerprint density at radius 3 is 2.50 bits per heavy atom. The third-order valence-corrected chi connectivity index (χ3v) is 3.90. The van der Waals surface area contributed by atoms with Crippen LogP contribution < -0.4 is 16.0 Å². The number of aliphatic imine (C=N–C) groups is 1. The average Bonchev–Trinajstić information content (AvgIpc) is 2.58. The number of guanidine groups is 1. The number of nitrogens with zero attached hydrogens (tertiary/aromatic N) is 1. The first-order chi connectivity index (χ1) is 11.7. The van der Waals surface area contributed by atoms with Gasteiger partial charge in [-0.15, -0.1) is 0 Å². The number of hydrogen-bond acceptors (Lipinski definition) is 4. The highest BCUT2D eigenvalue weighted by Crippen LogP contribution is 2.09. The van der Waals surface area contributed by atoms with Gasteiger partial charge in [-0.3, -0.25) is 9.79 Å². The summed E-state index contributed by atoms with van der Waals surface area (Å²) >= 11 is 1.86. The number of phenolic OH excluding ortho intramolecular Hbond substituents is 1. The molecule has 1 amide bonds. The second-order valence-electron chi connectivity index (χ2n) is 5.19. The number of phenols is 1. The van der Waals surface area contributed by atoms with Crippen molar-refractivity contribution in [3.63, 3.8) is 0 Å². The van der Waals surface area contributed by atoms with Crippen molar-refractivity contribution in [2.75, 3.05) is 38.2 Å². The molecule has 0 atom stereocenters. The van der Waals surface area contributed by atoms with Crippen LogP contribution in [0.2, 0.25) is 0 Å². The lowest BCUT2D eigenvalue weighted by atomic mass is 10.2. The van der Waals surface area contributed by atoms with Crippen LogP contribution in [0.25, 0.3) is 0 Å². The van der Waals surface area contributed by atoms with Crippen molar-refractivity contribution in [2.24, 2.45) is 4.99 Å². The number of amides is 1. The molecule has 7 heteroatoms. The predicted molar refractivity (Wildman–Crippen MR) is 102 cm³/mol. The van der Waals surface area contributed by atoms with E-state index in [4.69, 9.17) is 0 Å². The second-order valence-corrected chi connectivity index (χ2v) is 6.18. The SMILES string of the molecule is CCNC(=NCCCCSC)NCCNC(=O)c1ccc(O)cc1. The van der Waals surface area contributed by atoms with Crippen molar-refractivity contribution in [3.05, 3.63) is 29.8 Å². The number of benzene rings is 1. The van der Waals surface area contributed by atoms with Crippen molar-refractivity contribution >= 4 is 23.6 Å². The van der Waals surface area contributed by atoms with Gasteiger partial charge < -0.3 is 21.1 Å². The lowest BCUT2D eigenvalue weighted by Crippen LogP contribution is -2.41. The molecule has 6 nitrogen and oxygen atoms in total. The molecule has 1 aromatic rings. The van der Waals surface area contributed by atoms with Gasteiger partial charge in [0.1, 0.15) is 5.75 Å². The lowest BCUT2D eigenvalue weighted by Gasteiger charge is -2.12. The molecule has 0 spiro atoms. The standard InChI is InChI=1S/C17H28N4O2S/c1-3-18-17(20-10-4-5-13-24-2)21-12-11-19-16(23)14-6-8-15(22)9-7-14/h6-9,22H,3-5,10-13H2,1-2H3,(H,19,23)(H2,18,20,21). The van der Waals surface area contributed by atoms with Crippen LogP contribution in [0.4, 0.5) is 0 Å². The fraction of sp³-hybridized carbons (Fsp3) is 0.529. The van der Waals surface area contributed by atoms with Crippen molar-refractivity contribution in [1.29, 1.82) is 0 Å². The number of nitrogens with one attached hydrogen (secondary N) is 3. The van der Waals surface area contributed by atoms with E-state index in [-0.39, 0.29) is 11.7 Å². The molecule has 24 heavy (non-hydrogen) atoms. The molecule has 0 saturated carbocycles. The second kappa shape index (κ2) is 12.5. The summed E-state index contributed by atoms with van der Waals surface area (Å²) in [6.45, 7) is 4.72. The van der Waals surface area contributed by atoms with E-state index in [2.05, 4.69) is 27.2 Å². The summed E-state index contributed by atoms with van der Waals surface area (Å²) in [6.07, 6.45) is 4.36. The summed E-state index contributed by atoms with van der Waals surface area (Å²) in [5.41, 5.74) is 0.530. The van der Waals surface area contributed by atoms with Crippen LogP contribution in [-0.4, -0.2) is 55.2 Å². The molecular formula is C17H28N4O2S. The van der Waals surface area contributed by atoms with E-state index in [1.807, 2.05) is 18.7 Å². The molecule has 0 unspecified atom stereocenters. The number of hydrogen-bond donors (Lipinski definition) is 4. The van der Waals surface area contributed by atoms with Crippen molar-refractivity contribution in [3.8, 4) is 5.75 Å². The molecule has 0 aromatic heterocycles. The van der Waals surface area contributed by atoms with Gasteiger partial charge in [-0.2, -0.15) is 11.8 Å². The van der Waals surface area contributed by atoms with Crippen LogP contribution in [-0.2, 0) is 0 Å². The van der Waals surface area contributed by atoms with Gasteiger partial charge in [-0.05, 0) is 56.0 Å². The Hall–Kier alpha value is -1.89. The zero-order valence-electron chi connectivity index (χ0n) is 14.5. The van der Waals surface area contributed by atoms with Crippen molar-refractivity contribution in [1.82, 2.24) is 16.0 Å². The van der Waals surface area contributed by atoms with Crippen molar-refractivity contribution in [2.45, 2.75) is 19.8 Å². The first-order valence-corrected chi connectivity index (χ1v) is 9.65. The third kappa shape index (κ3) is 8.67. The lowest BCUT2D eigenvalue weighted by molar-refractivity contribution is 0.0954. The van der Waals surface area contributed by atoms with E-state index in [0.717, 1.165) is 25.5 Å². The van der Waals surface area contributed by atoms with E-state index < -0.39 is 0 Å². The van der Waals surface area contributed by atoms with Crippen LogP contribution in [0.1, 0.15) is 30.1 Å². The van der Waals surface area contributed by atoms with Crippen LogP contribution in [0.15, 0.2) is 29.3 Å². The summed E-state index contributed by atoms with van der Waals surface area (Å²) in [5.74, 6) is 1.94. The Morgan fingerprint density at radius 2 is 1.83 bits per heavy atom. The summed E-state index contributed by atoms with van der Waals surface area (Å²) in [6, 6.07) is 6.19. The maximum atomic E-state index is 11.9. The van der Waals surface area contributed by atoms with E-state index in [9.17, 15) is 9.90 Å². The molecular weight excluding hydrogens is 324 g/mol.